The predicted molar refractivity (Wildman–Crippen MR) is 97.4 cm³/mol. The van der Waals surface area contributed by atoms with E-state index in [1.807, 2.05) is 6.07 Å². The highest BCUT2D eigenvalue weighted by atomic mass is 19.1. The molecule has 4 aromatic rings. The van der Waals surface area contributed by atoms with Crippen LogP contribution < -0.4 is 4.90 Å². The van der Waals surface area contributed by atoms with Crippen LogP contribution in [0.3, 0.4) is 0 Å². The fourth-order valence-corrected chi connectivity index (χ4v) is 3.76. The van der Waals surface area contributed by atoms with Crippen molar-refractivity contribution >= 4 is 16.9 Å². The minimum absolute atomic E-state index is 0.0382. The number of aromatic nitrogens is 5. The van der Waals surface area contributed by atoms with E-state index in [1.54, 1.807) is 23.5 Å². The number of halogens is 3. The molecule has 28 heavy (non-hydrogen) atoms. The number of fused-ring (bicyclic) bond motifs is 1. The van der Waals surface area contributed by atoms with Crippen LogP contribution in [0.4, 0.5) is 19.0 Å². The maximum Gasteiger partial charge on any atom is 0.160 e. The lowest BCUT2D eigenvalue weighted by Gasteiger charge is -2.25. The summed E-state index contributed by atoms with van der Waals surface area (Å²) in [7, 11) is 0. The molecule has 1 aliphatic heterocycles. The van der Waals surface area contributed by atoms with Crippen LogP contribution in [0.15, 0.2) is 42.9 Å². The van der Waals surface area contributed by atoms with Gasteiger partial charge in [-0.05, 0) is 24.3 Å². The second-order valence-electron chi connectivity index (χ2n) is 6.82. The third-order valence-corrected chi connectivity index (χ3v) is 5.07. The largest absolute Gasteiger partial charge is 0.344 e. The van der Waals surface area contributed by atoms with Gasteiger partial charge in [-0.25, -0.2) is 18.2 Å². The molecule has 1 aliphatic rings. The van der Waals surface area contributed by atoms with Gasteiger partial charge in [-0.15, -0.1) is 0 Å². The van der Waals surface area contributed by atoms with E-state index < -0.39 is 23.8 Å². The third kappa shape index (κ3) is 2.70. The normalized spacial score (nSPS) is 19.6. The molecule has 142 valence electrons. The Hall–Kier alpha value is -3.36. The highest BCUT2D eigenvalue weighted by Gasteiger charge is 2.37. The molecule has 0 radical (unpaired) electrons. The van der Waals surface area contributed by atoms with Crippen molar-refractivity contribution in [3.8, 4) is 11.1 Å². The lowest BCUT2D eigenvalue weighted by Crippen LogP contribution is -2.25. The fourth-order valence-electron chi connectivity index (χ4n) is 3.76. The van der Waals surface area contributed by atoms with Crippen molar-refractivity contribution in [2.45, 2.75) is 18.6 Å². The summed E-state index contributed by atoms with van der Waals surface area (Å²) >= 11 is 0. The number of alkyl halides is 1. The van der Waals surface area contributed by atoms with Gasteiger partial charge in [0.15, 0.2) is 11.5 Å². The van der Waals surface area contributed by atoms with Crippen LogP contribution in [0, 0.1) is 11.6 Å². The lowest BCUT2D eigenvalue weighted by molar-refractivity contribution is 0.356. The number of aromatic amines is 2. The van der Waals surface area contributed by atoms with Crippen LogP contribution in [0.25, 0.3) is 22.2 Å². The molecule has 1 saturated heterocycles. The zero-order valence-corrected chi connectivity index (χ0v) is 14.5. The first-order chi connectivity index (χ1) is 13.6. The van der Waals surface area contributed by atoms with Gasteiger partial charge in [-0.1, -0.05) is 0 Å². The van der Waals surface area contributed by atoms with E-state index >= 15 is 0 Å². The maximum atomic E-state index is 14.4. The van der Waals surface area contributed by atoms with E-state index in [0.29, 0.717) is 16.9 Å². The molecule has 0 bridgehead atoms. The lowest BCUT2D eigenvalue weighted by atomic mass is 10.0. The van der Waals surface area contributed by atoms with Crippen LogP contribution in [0.2, 0.25) is 0 Å². The van der Waals surface area contributed by atoms with E-state index in [4.69, 9.17) is 0 Å². The summed E-state index contributed by atoms with van der Waals surface area (Å²) in [5, 5.41) is 14.5. The number of anilines is 1. The van der Waals surface area contributed by atoms with E-state index in [9.17, 15) is 13.2 Å². The minimum Gasteiger partial charge on any atom is -0.344 e. The van der Waals surface area contributed by atoms with Crippen molar-refractivity contribution in [1.82, 2.24) is 25.4 Å². The molecule has 0 amide bonds. The molecule has 9 heteroatoms. The molecular weight excluding hydrogens is 369 g/mol. The fraction of sp³-hybridized carbons (Fsp3) is 0.211. The quantitative estimate of drug-likeness (QED) is 0.562. The summed E-state index contributed by atoms with van der Waals surface area (Å²) in [5.41, 5.74) is 2.31. The van der Waals surface area contributed by atoms with Crippen molar-refractivity contribution in [3.05, 3.63) is 60.1 Å². The molecule has 6 nitrogen and oxygen atoms in total. The van der Waals surface area contributed by atoms with Crippen LogP contribution >= 0.6 is 0 Å². The van der Waals surface area contributed by atoms with Gasteiger partial charge >= 0.3 is 0 Å². The number of nitrogens with zero attached hydrogens (tertiary/aromatic N) is 4. The Bertz CT molecular complexity index is 1140. The Morgan fingerprint density at radius 1 is 1.11 bits per heavy atom. The number of H-pyrrole nitrogens is 2. The van der Waals surface area contributed by atoms with Crippen molar-refractivity contribution in [3.63, 3.8) is 0 Å². The minimum atomic E-state index is -1.18. The monoisotopic (exact) mass is 384 g/mol. The van der Waals surface area contributed by atoms with Crippen molar-refractivity contribution < 1.29 is 13.2 Å². The summed E-state index contributed by atoms with van der Waals surface area (Å²) in [6.07, 6.45) is 3.97. The highest BCUT2D eigenvalue weighted by molar-refractivity contribution is 5.91. The Balaban J connectivity index is 1.61. The van der Waals surface area contributed by atoms with Crippen LogP contribution in [0.1, 0.15) is 18.0 Å². The van der Waals surface area contributed by atoms with Crippen LogP contribution in [-0.2, 0) is 0 Å². The first-order valence-electron chi connectivity index (χ1n) is 8.79. The van der Waals surface area contributed by atoms with Gasteiger partial charge in [-0.3, -0.25) is 10.2 Å². The average molecular weight is 384 g/mol. The highest BCUT2D eigenvalue weighted by Crippen LogP contribution is 2.40. The second kappa shape index (κ2) is 6.36. The number of hydrogen-bond donors (Lipinski definition) is 2. The summed E-state index contributed by atoms with van der Waals surface area (Å²) < 4.78 is 42.4. The summed E-state index contributed by atoms with van der Waals surface area (Å²) in [5.74, 6) is -0.668. The molecule has 0 spiro atoms. The molecular formula is C19H15F3N6. The molecule has 1 aromatic carbocycles. The zero-order valence-electron chi connectivity index (χ0n) is 14.5. The number of hydrogen-bond acceptors (Lipinski definition) is 4. The topological polar surface area (TPSA) is 73.5 Å². The SMILES string of the molecule is Fc1ccc(F)c([C@H]2C[C@H](F)CN2c2n[nH]c3ncc(-c4cn[nH]c4)cc23)c1. The third-order valence-electron chi connectivity index (χ3n) is 5.07. The van der Waals surface area contributed by atoms with Crippen molar-refractivity contribution in [2.75, 3.05) is 11.4 Å². The van der Waals surface area contributed by atoms with Crippen molar-refractivity contribution in [2.24, 2.45) is 0 Å². The molecule has 3 aromatic heterocycles. The molecule has 0 aliphatic carbocycles. The van der Waals surface area contributed by atoms with Gasteiger partial charge in [-0.2, -0.15) is 10.2 Å². The number of benzene rings is 1. The van der Waals surface area contributed by atoms with E-state index in [2.05, 4.69) is 25.4 Å². The Morgan fingerprint density at radius 2 is 2.00 bits per heavy atom. The van der Waals surface area contributed by atoms with E-state index in [0.717, 1.165) is 29.3 Å². The zero-order chi connectivity index (χ0) is 19.3. The van der Waals surface area contributed by atoms with Crippen molar-refractivity contribution in [1.29, 1.82) is 0 Å². The van der Waals surface area contributed by atoms with E-state index in [-0.39, 0.29) is 18.5 Å². The van der Waals surface area contributed by atoms with Gasteiger partial charge in [0.05, 0.1) is 24.2 Å². The predicted octanol–water partition coefficient (Wildman–Crippen LogP) is 3.92. The molecule has 2 atom stereocenters. The number of pyridine rings is 1. The first kappa shape index (κ1) is 16.8. The summed E-state index contributed by atoms with van der Waals surface area (Å²) in [6.45, 7) is 0.0382. The molecule has 0 unspecified atom stereocenters. The number of rotatable bonds is 3. The standard InChI is InChI=1S/C19H15F3N6/c20-12-1-2-16(22)14(4-12)17-5-13(21)9-28(17)19-15-3-10(11-7-24-25-8-11)6-23-18(15)26-27-19/h1-4,6-8,13,17H,5,9H2,(H,24,25)(H,23,26,27)/t13-,17+/m0/s1. The first-order valence-corrected chi connectivity index (χ1v) is 8.79. The van der Waals surface area contributed by atoms with Gasteiger partial charge in [0.1, 0.15) is 17.8 Å². The molecule has 2 N–H and O–H groups in total. The molecule has 4 heterocycles. The Labute approximate surface area is 157 Å². The van der Waals surface area contributed by atoms with Crippen LogP contribution in [0.5, 0.6) is 0 Å². The molecule has 0 saturated carbocycles. The maximum absolute atomic E-state index is 14.4. The van der Waals surface area contributed by atoms with Gasteiger partial charge < -0.3 is 4.90 Å². The van der Waals surface area contributed by atoms with Gasteiger partial charge in [0.2, 0.25) is 0 Å². The van der Waals surface area contributed by atoms with Gasteiger partial charge in [0.25, 0.3) is 0 Å². The summed E-state index contributed by atoms with van der Waals surface area (Å²) in [6, 6.07) is 4.45. The number of nitrogens with one attached hydrogen (secondary N) is 2. The van der Waals surface area contributed by atoms with E-state index in [1.165, 1.54) is 0 Å². The summed E-state index contributed by atoms with van der Waals surface area (Å²) in [4.78, 5) is 6.03. The van der Waals surface area contributed by atoms with Gasteiger partial charge in [0, 0.05) is 35.5 Å². The van der Waals surface area contributed by atoms with Crippen LogP contribution in [-0.4, -0.2) is 38.1 Å². The second-order valence-corrected chi connectivity index (χ2v) is 6.82. The Morgan fingerprint density at radius 3 is 2.82 bits per heavy atom. The Kier molecular flexibility index (Phi) is 3.81. The average Bonchev–Trinajstić information content (AvgIpc) is 3.42. The molecule has 5 rings (SSSR count). The smallest absolute Gasteiger partial charge is 0.160 e. The molecule has 1 fully saturated rings.